The summed E-state index contributed by atoms with van der Waals surface area (Å²) in [5.74, 6) is -0.247. The molecule has 0 fully saturated rings. The molecule has 0 atom stereocenters. The van der Waals surface area contributed by atoms with Crippen LogP contribution in [-0.2, 0) is 11.3 Å². The molecule has 1 amide bonds. The fourth-order valence-corrected chi connectivity index (χ4v) is 4.26. The smallest absolute Gasteiger partial charge is 0.279 e. The molecule has 0 aliphatic rings. The Balaban J connectivity index is 2.04. The SMILES string of the molecule is CCOCCn1c(=NC(=O)c2ccc(Br)cc2)sc2cc(Br)ccc21. The van der Waals surface area contributed by atoms with Crippen molar-refractivity contribution in [1.29, 1.82) is 0 Å². The molecule has 2 aromatic carbocycles. The second-order valence-corrected chi connectivity index (χ2v) is 8.11. The molecule has 1 aromatic heterocycles. The predicted octanol–water partition coefficient (Wildman–Crippen LogP) is 5.01. The Labute approximate surface area is 166 Å². The van der Waals surface area contributed by atoms with Crippen molar-refractivity contribution in [3.63, 3.8) is 0 Å². The zero-order chi connectivity index (χ0) is 17.8. The van der Waals surface area contributed by atoms with Crippen LogP contribution in [0, 0.1) is 0 Å². The number of fused-ring (bicyclic) bond motifs is 1. The van der Waals surface area contributed by atoms with Crippen LogP contribution >= 0.6 is 43.2 Å². The van der Waals surface area contributed by atoms with Gasteiger partial charge in [0.1, 0.15) is 0 Å². The molecule has 4 nitrogen and oxygen atoms in total. The molecule has 0 aliphatic carbocycles. The average Bonchev–Trinajstić information content (AvgIpc) is 2.92. The van der Waals surface area contributed by atoms with Crippen molar-refractivity contribution in [2.45, 2.75) is 13.5 Å². The van der Waals surface area contributed by atoms with Crippen molar-refractivity contribution in [1.82, 2.24) is 4.57 Å². The number of halogens is 2. The Kier molecular flexibility index (Phi) is 6.22. The zero-order valence-electron chi connectivity index (χ0n) is 13.5. The van der Waals surface area contributed by atoms with E-state index < -0.39 is 0 Å². The van der Waals surface area contributed by atoms with E-state index in [9.17, 15) is 4.79 Å². The van der Waals surface area contributed by atoms with Crippen LogP contribution < -0.4 is 4.80 Å². The second-order valence-electron chi connectivity index (χ2n) is 5.27. The van der Waals surface area contributed by atoms with Crippen LogP contribution in [0.1, 0.15) is 17.3 Å². The van der Waals surface area contributed by atoms with Gasteiger partial charge in [-0.1, -0.05) is 43.2 Å². The zero-order valence-corrected chi connectivity index (χ0v) is 17.5. The standard InChI is InChI=1S/C18H16Br2N2O2S/c1-2-24-10-9-22-15-8-7-14(20)11-16(15)25-18(22)21-17(23)12-3-5-13(19)6-4-12/h3-8,11H,2,9-10H2,1H3. The van der Waals surface area contributed by atoms with Gasteiger partial charge in [0, 0.05) is 27.7 Å². The quantitative estimate of drug-likeness (QED) is 0.479. The minimum Gasteiger partial charge on any atom is -0.380 e. The normalized spacial score (nSPS) is 12.0. The van der Waals surface area contributed by atoms with Crippen molar-refractivity contribution >= 4 is 59.3 Å². The number of benzene rings is 2. The lowest BCUT2D eigenvalue weighted by Gasteiger charge is -2.05. The van der Waals surface area contributed by atoms with Gasteiger partial charge in [0.25, 0.3) is 5.91 Å². The van der Waals surface area contributed by atoms with Crippen molar-refractivity contribution in [3.05, 3.63) is 61.8 Å². The van der Waals surface area contributed by atoms with Crippen LogP contribution in [0.3, 0.4) is 0 Å². The second kappa shape index (κ2) is 8.40. The maximum atomic E-state index is 12.5. The molecular formula is C18H16Br2N2O2S. The fourth-order valence-electron chi connectivity index (χ4n) is 2.39. The molecule has 25 heavy (non-hydrogen) atoms. The van der Waals surface area contributed by atoms with E-state index in [2.05, 4.69) is 36.9 Å². The van der Waals surface area contributed by atoms with E-state index in [1.165, 1.54) is 11.3 Å². The third kappa shape index (κ3) is 4.47. The van der Waals surface area contributed by atoms with Gasteiger partial charge in [0.05, 0.1) is 16.8 Å². The largest absolute Gasteiger partial charge is 0.380 e. The van der Waals surface area contributed by atoms with Gasteiger partial charge in [-0.25, -0.2) is 0 Å². The summed E-state index contributed by atoms with van der Waals surface area (Å²) in [6, 6.07) is 13.3. The molecule has 0 saturated carbocycles. The van der Waals surface area contributed by atoms with Gasteiger partial charge in [-0.15, -0.1) is 0 Å². The van der Waals surface area contributed by atoms with Crippen LogP contribution in [-0.4, -0.2) is 23.7 Å². The highest BCUT2D eigenvalue weighted by Gasteiger charge is 2.10. The molecule has 3 aromatic rings. The van der Waals surface area contributed by atoms with Crippen LogP contribution in [0.4, 0.5) is 0 Å². The molecule has 0 unspecified atom stereocenters. The monoisotopic (exact) mass is 482 g/mol. The van der Waals surface area contributed by atoms with Gasteiger partial charge in [0.2, 0.25) is 0 Å². The molecule has 0 saturated heterocycles. The lowest BCUT2D eigenvalue weighted by atomic mass is 10.2. The topological polar surface area (TPSA) is 43.6 Å². The predicted molar refractivity (Wildman–Crippen MR) is 108 cm³/mol. The highest BCUT2D eigenvalue weighted by Crippen LogP contribution is 2.22. The number of aromatic nitrogens is 1. The minimum absolute atomic E-state index is 0.247. The van der Waals surface area contributed by atoms with Crippen LogP contribution in [0.5, 0.6) is 0 Å². The summed E-state index contributed by atoms with van der Waals surface area (Å²) in [6.07, 6.45) is 0. The Morgan fingerprint density at radius 3 is 2.60 bits per heavy atom. The molecule has 0 spiro atoms. The Morgan fingerprint density at radius 2 is 1.88 bits per heavy atom. The average molecular weight is 484 g/mol. The summed E-state index contributed by atoms with van der Waals surface area (Å²) in [7, 11) is 0. The summed E-state index contributed by atoms with van der Waals surface area (Å²) >= 11 is 8.37. The van der Waals surface area contributed by atoms with E-state index in [0.717, 1.165) is 19.2 Å². The summed E-state index contributed by atoms with van der Waals surface area (Å²) in [5.41, 5.74) is 1.62. The first kappa shape index (κ1) is 18.5. The summed E-state index contributed by atoms with van der Waals surface area (Å²) in [5, 5.41) is 0. The van der Waals surface area contributed by atoms with Crippen LogP contribution in [0.15, 0.2) is 56.4 Å². The number of amides is 1. The molecule has 0 bridgehead atoms. The number of thiazole rings is 1. The summed E-state index contributed by atoms with van der Waals surface area (Å²) < 4.78 is 10.5. The van der Waals surface area contributed by atoms with Gasteiger partial charge in [-0.2, -0.15) is 4.99 Å². The minimum atomic E-state index is -0.247. The van der Waals surface area contributed by atoms with E-state index in [-0.39, 0.29) is 5.91 Å². The number of ether oxygens (including phenoxy) is 1. The Bertz CT molecular complexity index is 961. The van der Waals surface area contributed by atoms with E-state index >= 15 is 0 Å². The number of carbonyl (C=O) groups excluding carboxylic acids is 1. The number of hydrogen-bond donors (Lipinski definition) is 0. The van der Waals surface area contributed by atoms with Crippen LogP contribution in [0.2, 0.25) is 0 Å². The molecule has 0 N–H and O–H groups in total. The molecule has 0 radical (unpaired) electrons. The van der Waals surface area contributed by atoms with E-state index in [1.54, 1.807) is 12.1 Å². The third-order valence-electron chi connectivity index (χ3n) is 3.60. The third-order valence-corrected chi connectivity index (χ3v) is 5.66. The maximum absolute atomic E-state index is 12.5. The van der Waals surface area contributed by atoms with E-state index in [1.807, 2.05) is 41.8 Å². The maximum Gasteiger partial charge on any atom is 0.279 e. The lowest BCUT2D eigenvalue weighted by Crippen LogP contribution is -2.19. The van der Waals surface area contributed by atoms with Crippen LogP contribution in [0.25, 0.3) is 10.2 Å². The number of rotatable bonds is 5. The van der Waals surface area contributed by atoms with Crippen molar-refractivity contribution in [2.24, 2.45) is 4.99 Å². The van der Waals surface area contributed by atoms with Crippen molar-refractivity contribution in [2.75, 3.05) is 13.2 Å². The van der Waals surface area contributed by atoms with Gasteiger partial charge >= 0.3 is 0 Å². The lowest BCUT2D eigenvalue weighted by molar-refractivity contribution is 0.0996. The van der Waals surface area contributed by atoms with E-state index in [4.69, 9.17) is 4.74 Å². The van der Waals surface area contributed by atoms with E-state index in [0.29, 0.717) is 30.1 Å². The van der Waals surface area contributed by atoms with Gasteiger partial charge in [0.15, 0.2) is 4.80 Å². The first-order valence-corrected chi connectivity index (χ1v) is 10.2. The first-order valence-electron chi connectivity index (χ1n) is 7.79. The molecule has 130 valence electrons. The first-order chi connectivity index (χ1) is 12.1. The summed E-state index contributed by atoms with van der Waals surface area (Å²) in [4.78, 5) is 17.6. The fraction of sp³-hybridized carbons (Fsp3) is 0.222. The Morgan fingerprint density at radius 1 is 1.16 bits per heavy atom. The molecule has 1 heterocycles. The summed E-state index contributed by atoms with van der Waals surface area (Å²) in [6.45, 7) is 3.87. The Hall–Kier alpha value is -1.28. The number of carbonyl (C=O) groups is 1. The molecule has 0 aliphatic heterocycles. The highest BCUT2D eigenvalue weighted by atomic mass is 79.9. The highest BCUT2D eigenvalue weighted by molar-refractivity contribution is 9.10. The van der Waals surface area contributed by atoms with Crippen molar-refractivity contribution < 1.29 is 9.53 Å². The van der Waals surface area contributed by atoms with Gasteiger partial charge in [-0.05, 0) is 49.4 Å². The number of nitrogens with zero attached hydrogens (tertiary/aromatic N) is 2. The van der Waals surface area contributed by atoms with Gasteiger partial charge in [-0.3, -0.25) is 4.79 Å². The van der Waals surface area contributed by atoms with Gasteiger partial charge < -0.3 is 9.30 Å². The van der Waals surface area contributed by atoms with Crippen molar-refractivity contribution in [3.8, 4) is 0 Å². The number of hydrogen-bond acceptors (Lipinski definition) is 3. The molecular weight excluding hydrogens is 468 g/mol. The molecule has 7 heteroatoms. The molecule has 3 rings (SSSR count).